The van der Waals surface area contributed by atoms with E-state index in [1.54, 1.807) is 6.92 Å². The molecule has 0 bridgehead atoms. The highest BCUT2D eigenvalue weighted by Crippen LogP contribution is 2.16. The molecule has 0 aromatic carbocycles. The van der Waals surface area contributed by atoms with Gasteiger partial charge in [0.25, 0.3) is 0 Å². The zero-order chi connectivity index (χ0) is 28.0. The Bertz CT molecular complexity index is 338. The highest BCUT2D eigenvalue weighted by atomic mass is 16.2. The van der Waals surface area contributed by atoms with Crippen LogP contribution in [0.1, 0.15) is 170 Å². The third-order valence-corrected chi connectivity index (χ3v) is 5.63. The summed E-state index contributed by atoms with van der Waals surface area (Å²) in [6.07, 6.45) is 27.7. The van der Waals surface area contributed by atoms with Gasteiger partial charge in [-0.15, -0.1) is 19.7 Å². The molecule has 0 heterocycles. The molecule has 0 aromatic heterocycles. The van der Waals surface area contributed by atoms with Gasteiger partial charge in [0, 0.05) is 6.61 Å². The molecule has 0 fully saturated rings. The van der Waals surface area contributed by atoms with E-state index in [1.807, 2.05) is 6.08 Å². The Balaban J connectivity index is -0.0000000880. The molecule has 36 heavy (non-hydrogen) atoms. The topological polar surface area (TPSA) is 51.7 Å². The average Bonchev–Trinajstić information content (AvgIpc) is 2.88. The summed E-state index contributed by atoms with van der Waals surface area (Å²) in [7, 11) is 0. The summed E-state index contributed by atoms with van der Waals surface area (Å²) in [5, 5.41) is 7.57. The summed E-state index contributed by atoms with van der Waals surface area (Å²) in [5.74, 6) is 0.974. The molecule has 0 amide bonds. The van der Waals surface area contributed by atoms with Crippen LogP contribution in [0.5, 0.6) is 0 Å². The minimum absolute atomic E-state index is 0. The molecule has 0 saturated heterocycles. The summed E-state index contributed by atoms with van der Waals surface area (Å²) in [4.78, 5) is 0. The standard InChI is InChI=1S/C12H26.C12H24.C6H12.C2H6O.C2H4.H2O/c2*1-4-6-8-9-11-12(3)10-7-5-2;1-3-5-6-4-2;1-2-3;1-2;/h12H,4-11H2,1-3H3;3-11H2,1-2H3;3H,1,4-6H2,2H3;3H,2H2,1H3;1-2H2;1H2. The maximum atomic E-state index is 7.57. The lowest BCUT2D eigenvalue weighted by Gasteiger charge is -2.09. The van der Waals surface area contributed by atoms with Crippen LogP contribution in [0.2, 0.25) is 0 Å². The lowest BCUT2D eigenvalue weighted by Crippen LogP contribution is -1.94. The molecule has 0 rings (SSSR count). The maximum absolute atomic E-state index is 7.57. The Labute approximate surface area is 231 Å². The van der Waals surface area contributed by atoms with E-state index in [2.05, 4.69) is 67.9 Å². The molecule has 0 aliphatic carbocycles. The Hall–Kier alpha value is -0.860. The van der Waals surface area contributed by atoms with Crippen LogP contribution in [-0.4, -0.2) is 17.2 Å². The number of allylic oxidation sites excluding steroid dienone is 2. The van der Waals surface area contributed by atoms with E-state index < -0.39 is 0 Å². The van der Waals surface area contributed by atoms with Crippen LogP contribution in [0.25, 0.3) is 0 Å². The van der Waals surface area contributed by atoms with Crippen molar-refractivity contribution in [3.8, 4) is 0 Å². The predicted octanol–water partition coefficient (Wildman–Crippen LogP) is 11.8. The third-order valence-electron chi connectivity index (χ3n) is 5.63. The van der Waals surface area contributed by atoms with Crippen molar-refractivity contribution in [2.24, 2.45) is 5.92 Å². The number of rotatable bonds is 19. The summed E-state index contributed by atoms with van der Waals surface area (Å²) >= 11 is 0. The van der Waals surface area contributed by atoms with Crippen LogP contribution in [-0.2, 0) is 0 Å². The molecule has 0 aliphatic rings. The Morgan fingerprint density at radius 3 is 1.42 bits per heavy atom. The quantitative estimate of drug-likeness (QED) is 0.135. The molecule has 3 N–H and O–H groups in total. The van der Waals surface area contributed by atoms with Crippen LogP contribution in [0.4, 0.5) is 0 Å². The molecule has 0 spiro atoms. The fourth-order valence-corrected chi connectivity index (χ4v) is 3.32. The SMILES string of the molecule is C=C.C=C(CCCC)CCCCCC.C=CCCCC.CCCCCCC(C)CCCC.CCO.O. The first-order valence-electron chi connectivity index (χ1n) is 15.3. The normalized spacial score (nSPS) is 9.78. The van der Waals surface area contributed by atoms with E-state index in [0.29, 0.717) is 0 Å². The molecule has 0 radical (unpaired) electrons. The zero-order valence-corrected chi connectivity index (χ0v) is 26.6. The van der Waals surface area contributed by atoms with Gasteiger partial charge in [-0.25, -0.2) is 0 Å². The van der Waals surface area contributed by atoms with Gasteiger partial charge in [0.1, 0.15) is 0 Å². The average molecular weight is 515 g/mol. The summed E-state index contributed by atoms with van der Waals surface area (Å²) in [5.41, 5.74) is 1.47. The Kier molecular flexibility index (Phi) is 73.5. The van der Waals surface area contributed by atoms with Crippen molar-refractivity contribution in [3.63, 3.8) is 0 Å². The van der Waals surface area contributed by atoms with Gasteiger partial charge < -0.3 is 10.6 Å². The van der Waals surface area contributed by atoms with Crippen LogP contribution < -0.4 is 0 Å². The summed E-state index contributed by atoms with van der Waals surface area (Å²) < 4.78 is 0. The largest absolute Gasteiger partial charge is 0.412 e. The number of aliphatic hydroxyl groups is 1. The van der Waals surface area contributed by atoms with Crippen molar-refractivity contribution in [1.29, 1.82) is 0 Å². The van der Waals surface area contributed by atoms with E-state index in [0.717, 1.165) is 5.92 Å². The second kappa shape index (κ2) is 54.9. The fourth-order valence-electron chi connectivity index (χ4n) is 3.32. The van der Waals surface area contributed by atoms with Gasteiger partial charge >= 0.3 is 0 Å². The number of hydrogen-bond donors (Lipinski definition) is 1. The highest BCUT2D eigenvalue weighted by molar-refractivity contribution is 4.93. The summed E-state index contributed by atoms with van der Waals surface area (Å²) in [6, 6.07) is 0. The van der Waals surface area contributed by atoms with Crippen LogP contribution in [0.15, 0.2) is 38.0 Å². The van der Waals surface area contributed by atoms with E-state index in [1.165, 1.54) is 128 Å². The van der Waals surface area contributed by atoms with E-state index in [-0.39, 0.29) is 12.1 Å². The smallest absolute Gasteiger partial charge is 0.0402 e. The van der Waals surface area contributed by atoms with Crippen molar-refractivity contribution in [2.45, 2.75) is 170 Å². The molecule has 1 atom stereocenters. The Morgan fingerprint density at radius 2 is 1.03 bits per heavy atom. The molecular formula is C34H74O2. The predicted molar refractivity (Wildman–Crippen MR) is 172 cm³/mol. The first-order valence-corrected chi connectivity index (χ1v) is 15.3. The first kappa shape index (κ1) is 48.2. The first-order chi connectivity index (χ1) is 16.9. The Morgan fingerprint density at radius 1 is 0.639 bits per heavy atom. The highest BCUT2D eigenvalue weighted by Gasteiger charge is 2.00. The molecule has 0 saturated carbocycles. The number of unbranched alkanes of at least 4 members (excludes halogenated alkanes) is 10. The molecule has 0 aliphatic heterocycles. The molecule has 2 nitrogen and oxygen atoms in total. The van der Waals surface area contributed by atoms with Gasteiger partial charge in [0.05, 0.1) is 0 Å². The van der Waals surface area contributed by atoms with E-state index in [4.69, 9.17) is 5.11 Å². The maximum Gasteiger partial charge on any atom is 0.0402 e. The molecule has 2 heteroatoms. The van der Waals surface area contributed by atoms with Crippen molar-refractivity contribution < 1.29 is 10.6 Å². The van der Waals surface area contributed by atoms with Crippen molar-refractivity contribution in [3.05, 3.63) is 38.0 Å². The summed E-state index contributed by atoms with van der Waals surface area (Å²) in [6.45, 7) is 29.3. The van der Waals surface area contributed by atoms with Gasteiger partial charge in [0.2, 0.25) is 0 Å². The van der Waals surface area contributed by atoms with Crippen LogP contribution >= 0.6 is 0 Å². The lowest BCUT2D eigenvalue weighted by molar-refractivity contribution is 0.318. The molecule has 0 aromatic rings. The third kappa shape index (κ3) is 69.8. The second-order valence-electron chi connectivity index (χ2n) is 9.51. The van der Waals surface area contributed by atoms with E-state index >= 15 is 0 Å². The van der Waals surface area contributed by atoms with Crippen LogP contribution in [0, 0.1) is 5.92 Å². The number of hydrogen-bond acceptors (Lipinski definition) is 1. The van der Waals surface area contributed by atoms with Crippen molar-refractivity contribution in [1.82, 2.24) is 0 Å². The van der Waals surface area contributed by atoms with Gasteiger partial charge in [-0.05, 0) is 44.9 Å². The van der Waals surface area contributed by atoms with Crippen LogP contribution in [0.3, 0.4) is 0 Å². The molecular weight excluding hydrogens is 440 g/mol. The fraction of sp³-hybridized carbons (Fsp3) is 0.824. The minimum atomic E-state index is 0. The lowest BCUT2D eigenvalue weighted by atomic mass is 9.97. The van der Waals surface area contributed by atoms with E-state index in [9.17, 15) is 0 Å². The second-order valence-corrected chi connectivity index (χ2v) is 9.51. The monoisotopic (exact) mass is 515 g/mol. The van der Waals surface area contributed by atoms with Gasteiger partial charge in [-0.3, -0.25) is 0 Å². The number of aliphatic hydroxyl groups excluding tert-OH is 1. The van der Waals surface area contributed by atoms with Gasteiger partial charge in [0.15, 0.2) is 0 Å². The minimum Gasteiger partial charge on any atom is -0.412 e. The van der Waals surface area contributed by atoms with Crippen molar-refractivity contribution in [2.75, 3.05) is 6.61 Å². The molecule has 222 valence electrons. The van der Waals surface area contributed by atoms with Gasteiger partial charge in [-0.1, -0.05) is 150 Å². The van der Waals surface area contributed by atoms with Crippen molar-refractivity contribution >= 4 is 0 Å². The molecule has 1 unspecified atom stereocenters. The van der Waals surface area contributed by atoms with Gasteiger partial charge in [-0.2, -0.15) is 0 Å². The zero-order valence-electron chi connectivity index (χ0n) is 26.6.